The summed E-state index contributed by atoms with van der Waals surface area (Å²) < 4.78 is 5.46. The molecule has 21 heavy (non-hydrogen) atoms. The number of benzene rings is 2. The lowest BCUT2D eigenvalue weighted by Gasteiger charge is -2.18. The summed E-state index contributed by atoms with van der Waals surface area (Å²) in [4.78, 5) is 0. The van der Waals surface area contributed by atoms with E-state index in [0.717, 1.165) is 18.7 Å². The molecule has 1 N–H and O–H groups in total. The molecule has 0 fully saturated rings. The van der Waals surface area contributed by atoms with Crippen molar-refractivity contribution in [3.05, 3.63) is 64.7 Å². The summed E-state index contributed by atoms with van der Waals surface area (Å²) >= 11 is 0. The average molecular weight is 283 g/mol. The molecule has 0 aromatic heterocycles. The highest BCUT2D eigenvalue weighted by molar-refractivity contribution is 5.38. The molecule has 2 aromatic rings. The van der Waals surface area contributed by atoms with Crippen molar-refractivity contribution in [2.75, 3.05) is 13.7 Å². The van der Waals surface area contributed by atoms with E-state index in [9.17, 15) is 0 Å². The minimum absolute atomic E-state index is 0.282. The normalized spacial score (nSPS) is 12.2. The maximum atomic E-state index is 5.46. The van der Waals surface area contributed by atoms with Gasteiger partial charge in [-0.3, -0.25) is 0 Å². The first-order valence-electron chi connectivity index (χ1n) is 7.53. The first kappa shape index (κ1) is 15.6. The van der Waals surface area contributed by atoms with Gasteiger partial charge in [-0.25, -0.2) is 0 Å². The molecule has 2 nitrogen and oxygen atoms in total. The van der Waals surface area contributed by atoms with Crippen LogP contribution in [0.4, 0.5) is 0 Å². The first-order chi connectivity index (χ1) is 10.1. The van der Waals surface area contributed by atoms with Crippen LogP contribution in [-0.4, -0.2) is 13.7 Å². The Morgan fingerprint density at radius 3 is 2.52 bits per heavy atom. The number of hydrogen-bond donors (Lipinski definition) is 1. The Bertz CT molecular complexity index is 592. The second kappa shape index (κ2) is 7.28. The molecule has 0 bridgehead atoms. The van der Waals surface area contributed by atoms with Crippen LogP contribution in [0, 0.1) is 13.8 Å². The lowest BCUT2D eigenvalue weighted by Crippen LogP contribution is -2.22. The summed E-state index contributed by atoms with van der Waals surface area (Å²) in [6, 6.07) is 15.3. The minimum Gasteiger partial charge on any atom is -0.496 e. The number of aryl methyl sites for hydroxylation is 2. The van der Waals surface area contributed by atoms with E-state index in [4.69, 9.17) is 4.74 Å². The van der Waals surface area contributed by atoms with Gasteiger partial charge in [0.1, 0.15) is 5.75 Å². The van der Waals surface area contributed by atoms with Crippen molar-refractivity contribution >= 4 is 0 Å². The van der Waals surface area contributed by atoms with E-state index in [2.05, 4.69) is 62.5 Å². The third-order valence-electron chi connectivity index (χ3n) is 3.80. The maximum absolute atomic E-state index is 5.46. The Balaban J connectivity index is 1.95. The van der Waals surface area contributed by atoms with Crippen molar-refractivity contribution in [2.45, 2.75) is 33.2 Å². The van der Waals surface area contributed by atoms with Crippen LogP contribution in [0.2, 0.25) is 0 Å². The van der Waals surface area contributed by atoms with Crippen molar-refractivity contribution in [3.8, 4) is 5.75 Å². The number of hydrogen-bond acceptors (Lipinski definition) is 2. The molecule has 2 aromatic carbocycles. The summed E-state index contributed by atoms with van der Waals surface area (Å²) in [6.07, 6.45) is 1.04. The highest BCUT2D eigenvalue weighted by Crippen LogP contribution is 2.25. The molecule has 0 radical (unpaired) electrons. The summed E-state index contributed by atoms with van der Waals surface area (Å²) in [7, 11) is 1.73. The van der Waals surface area contributed by atoms with E-state index in [0.29, 0.717) is 0 Å². The second-order valence-electron chi connectivity index (χ2n) is 5.66. The Kier molecular flexibility index (Phi) is 5.40. The van der Waals surface area contributed by atoms with E-state index in [-0.39, 0.29) is 6.04 Å². The monoisotopic (exact) mass is 283 g/mol. The molecule has 0 heterocycles. The zero-order chi connectivity index (χ0) is 15.2. The summed E-state index contributed by atoms with van der Waals surface area (Å²) in [6.45, 7) is 7.40. The molecule has 2 rings (SSSR count). The molecule has 0 amide bonds. The summed E-state index contributed by atoms with van der Waals surface area (Å²) in [5.41, 5.74) is 5.19. The second-order valence-corrected chi connectivity index (χ2v) is 5.66. The van der Waals surface area contributed by atoms with Crippen LogP contribution in [0.25, 0.3) is 0 Å². The Morgan fingerprint density at radius 2 is 1.81 bits per heavy atom. The van der Waals surface area contributed by atoms with Crippen LogP contribution < -0.4 is 10.1 Å². The predicted molar refractivity (Wildman–Crippen MR) is 89.0 cm³/mol. The molecule has 2 heteroatoms. The zero-order valence-electron chi connectivity index (χ0n) is 13.4. The van der Waals surface area contributed by atoms with Crippen LogP contribution in [-0.2, 0) is 6.42 Å². The quantitative estimate of drug-likeness (QED) is 0.857. The van der Waals surface area contributed by atoms with Crippen molar-refractivity contribution in [3.63, 3.8) is 0 Å². The van der Waals surface area contributed by atoms with Gasteiger partial charge in [0.2, 0.25) is 0 Å². The van der Waals surface area contributed by atoms with Gasteiger partial charge in [-0.2, -0.15) is 0 Å². The summed E-state index contributed by atoms with van der Waals surface area (Å²) in [5, 5.41) is 3.59. The SMILES string of the molecule is COc1ccc(C)cc1C(C)NCCc1cccc(C)c1. The number of ether oxygens (including phenoxy) is 1. The van der Waals surface area contributed by atoms with Crippen LogP contribution in [0.1, 0.15) is 35.2 Å². The van der Waals surface area contributed by atoms with Crippen molar-refractivity contribution in [2.24, 2.45) is 0 Å². The highest BCUT2D eigenvalue weighted by Gasteiger charge is 2.10. The van der Waals surface area contributed by atoms with Gasteiger partial charge in [0, 0.05) is 11.6 Å². The van der Waals surface area contributed by atoms with Gasteiger partial charge >= 0.3 is 0 Å². The third-order valence-corrected chi connectivity index (χ3v) is 3.80. The largest absolute Gasteiger partial charge is 0.496 e. The smallest absolute Gasteiger partial charge is 0.123 e. The molecular weight excluding hydrogens is 258 g/mol. The molecule has 0 spiro atoms. The number of rotatable bonds is 6. The molecule has 0 saturated heterocycles. The topological polar surface area (TPSA) is 21.3 Å². The molecule has 0 aliphatic carbocycles. The van der Waals surface area contributed by atoms with Gasteiger partial charge in [0.15, 0.2) is 0 Å². The van der Waals surface area contributed by atoms with E-state index < -0.39 is 0 Å². The van der Waals surface area contributed by atoms with Crippen molar-refractivity contribution in [1.29, 1.82) is 0 Å². The predicted octanol–water partition coefficient (Wildman–Crippen LogP) is 4.21. The van der Waals surface area contributed by atoms with E-state index in [1.807, 2.05) is 6.07 Å². The lowest BCUT2D eigenvalue weighted by atomic mass is 10.0. The van der Waals surface area contributed by atoms with Crippen LogP contribution >= 0.6 is 0 Å². The van der Waals surface area contributed by atoms with Gasteiger partial charge in [-0.1, -0.05) is 47.5 Å². The fraction of sp³-hybridized carbons (Fsp3) is 0.368. The fourth-order valence-electron chi connectivity index (χ4n) is 2.60. The van der Waals surface area contributed by atoms with E-state index >= 15 is 0 Å². The first-order valence-corrected chi connectivity index (χ1v) is 7.53. The fourth-order valence-corrected chi connectivity index (χ4v) is 2.60. The molecular formula is C19H25NO. The Labute approximate surface area is 128 Å². The molecule has 0 aliphatic rings. The van der Waals surface area contributed by atoms with Gasteiger partial charge in [0.05, 0.1) is 7.11 Å². The molecule has 112 valence electrons. The third kappa shape index (κ3) is 4.33. The lowest BCUT2D eigenvalue weighted by molar-refractivity contribution is 0.401. The average Bonchev–Trinajstić information content (AvgIpc) is 2.47. The zero-order valence-corrected chi connectivity index (χ0v) is 13.4. The van der Waals surface area contributed by atoms with Crippen molar-refractivity contribution < 1.29 is 4.74 Å². The molecule has 1 unspecified atom stereocenters. The number of methoxy groups -OCH3 is 1. The van der Waals surface area contributed by atoms with E-state index in [1.165, 1.54) is 22.3 Å². The minimum atomic E-state index is 0.282. The van der Waals surface area contributed by atoms with Gasteiger partial charge in [0.25, 0.3) is 0 Å². The summed E-state index contributed by atoms with van der Waals surface area (Å²) in [5.74, 6) is 0.955. The van der Waals surface area contributed by atoms with Crippen LogP contribution in [0.15, 0.2) is 42.5 Å². The van der Waals surface area contributed by atoms with Crippen LogP contribution in [0.5, 0.6) is 5.75 Å². The Hall–Kier alpha value is -1.80. The van der Waals surface area contributed by atoms with Gasteiger partial charge in [-0.05, 0) is 45.4 Å². The van der Waals surface area contributed by atoms with E-state index in [1.54, 1.807) is 7.11 Å². The van der Waals surface area contributed by atoms with Crippen molar-refractivity contribution in [1.82, 2.24) is 5.32 Å². The molecule has 0 aliphatic heterocycles. The molecule has 0 saturated carbocycles. The van der Waals surface area contributed by atoms with Crippen LogP contribution in [0.3, 0.4) is 0 Å². The van der Waals surface area contributed by atoms with Gasteiger partial charge in [-0.15, -0.1) is 0 Å². The molecule has 1 atom stereocenters. The number of nitrogens with one attached hydrogen (secondary N) is 1. The maximum Gasteiger partial charge on any atom is 0.123 e. The Morgan fingerprint density at radius 1 is 1.05 bits per heavy atom. The highest BCUT2D eigenvalue weighted by atomic mass is 16.5. The standard InChI is InChI=1S/C19H25NO/c1-14-6-5-7-17(12-14)10-11-20-16(3)18-13-15(2)8-9-19(18)21-4/h5-9,12-13,16,20H,10-11H2,1-4H3. The van der Waals surface area contributed by atoms with Gasteiger partial charge < -0.3 is 10.1 Å².